The Morgan fingerprint density at radius 2 is 1.78 bits per heavy atom. The van der Waals surface area contributed by atoms with Gasteiger partial charge in [-0.2, -0.15) is 18.3 Å². The van der Waals surface area contributed by atoms with E-state index in [-0.39, 0.29) is 29.0 Å². The molecular weight excluding hydrogens is 493 g/mol. The maximum Gasteiger partial charge on any atom is 0.417 e. The van der Waals surface area contributed by atoms with E-state index in [1.807, 2.05) is 0 Å². The molecule has 1 saturated heterocycles. The molecular formula is C25H29F3N4O5. The van der Waals surface area contributed by atoms with E-state index in [1.54, 1.807) is 0 Å². The van der Waals surface area contributed by atoms with Crippen molar-refractivity contribution in [2.45, 2.75) is 69.2 Å². The summed E-state index contributed by atoms with van der Waals surface area (Å²) in [5.74, 6) is -2.78. The van der Waals surface area contributed by atoms with Gasteiger partial charge >= 0.3 is 12.1 Å². The summed E-state index contributed by atoms with van der Waals surface area (Å²) in [6, 6.07) is 4.60. The molecule has 1 aliphatic heterocycles. The first-order chi connectivity index (χ1) is 17.6. The van der Waals surface area contributed by atoms with Crippen molar-refractivity contribution in [3.05, 3.63) is 41.6 Å². The predicted molar refractivity (Wildman–Crippen MR) is 126 cm³/mol. The summed E-state index contributed by atoms with van der Waals surface area (Å²) in [6.45, 7) is 0.920. The van der Waals surface area contributed by atoms with Crippen LogP contribution in [0.15, 0.2) is 30.3 Å². The van der Waals surface area contributed by atoms with E-state index >= 15 is 0 Å². The van der Waals surface area contributed by atoms with Gasteiger partial charge in [-0.25, -0.2) is 0 Å². The van der Waals surface area contributed by atoms with Crippen molar-refractivity contribution in [2.75, 3.05) is 13.2 Å². The van der Waals surface area contributed by atoms with Gasteiger partial charge in [0.15, 0.2) is 5.69 Å². The van der Waals surface area contributed by atoms with Gasteiger partial charge in [0.05, 0.1) is 23.7 Å². The number of carboxylic acids is 1. The Hall–Kier alpha value is -3.41. The van der Waals surface area contributed by atoms with E-state index < -0.39 is 42.0 Å². The van der Waals surface area contributed by atoms with Crippen LogP contribution < -0.4 is 10.6 Å². The maximum atomic E-state index is 13.8. The molecule has 1 atom stereocenters. The number of aromatic nitrogens is 2. The second-order valence-corrected chi connectivity index (χ2v) is 9.36. The first kappa shape index (κ1) is 26.6. The van der Waals surface area contributed by atoms with Crippen molar-refractivity contribution in [1.82, 2.24) is 20.4 Å². The molecule has 200 valence electrons. The number of ether oxygens (including phenoxy) is 1. The summed E-state index contributed by atoms with van der Waals surface area (Å²) in [7, 11) is 0. The molecule has 37 heavy (non-hydrogen) atoms. The second kappa shape index (κ2) is 11.3. The average molecular weight is 523 g/mol. The molecule has 3 N–H and O–H groups in total. The van der Waals surface area contributed by atoms with Gasteiger partial charge in [0.25, 0.3) is 5.91 Å². The van der Waals surface area contributed by atoms with Crippen LogP contribution in [0.2, 0.25) is 0 Å². The monoisotopic (exact) mass is 522 g/mol. The molecule has 2 aliphatic rings. The molecule has 0 bridgehead atoms. The zero-order valence-corrected chi connectivity index (χ0v) is 20.1. The molecule has 9 nitrogen and oxygen atoms in total. The standard InChI is InChI=1S/C25H29F3N4O5/c26-25(27,28)18-8-4-3-7-17(18)21-13-20(31-32(21)16-5-1-2-6-16)24(36)30-19(14-22(33)34)23(35)29-15-9-11-37-12-10-15/h3-4,7-8,13,15-16,19H,1-2,5-6,9-12,14H2,(H,29,35)(H,30,36)(H,33,34). The van der Waals surface area contributed by atoms with Gasteiger partial charge in [-0.15, -0.1) is 0 Å². The van der Waals surface area contributed by atoms with Gasteiger partial charge < -0.3 is 20.5 Å². The fraction of sp³-hybridized carbons (Fsp3) is 0.520. The van der Waals surface area contributed by atoms with Crippen molar-refractivity contribution < 1.29 is 37.4 Å². The number of hydrogen-bond acceptors (Lipinski definition) is 5. The number of carboxylic acid groups (broad SMARTS) is 1. The third-order valence-electron chi connectivity index (χ3n) is 6.72. The van der Waals surface area contributed by atoms with Crippen molar-refractivity contribution in [2.24, 2.45) is 0 Å². The van der Waals surface area contributed by atoms with Crippen LogP contribution in [-0.2, 0) is 20.5 Å². The van der Waals surface area contributed by atoms with Crippen molar-refractivity contribution in [1.29, 1.82) is 0 Å². The van der Waals surface area contributed by atoms with E-state index in [4.69, 9.17) is 4.74 Å². The fourth-order valence-corrected chi connectivity index (χ4v) is 4.85. The lowest BCUT2D eigenvalue weighted by atomic mass is 10.0. The molecule has 1 aromatic heterocycles. The van der Waals surface area contributed by atoms with Gasteiger partial charge in [0, 0.05) is 24.8 Å². The molecule has 1 aliphatic carbocycles. The van der Waals surface area contributed by atoms with Gasteiger partial charge in [0.2, 0.25) is 5.91 Å². The number of alkyl halides is 3. The molecule has 4 rings (SSSR count). The molecule has 2 heterocycles. The first-order valence-corrected chi connectivity index (χ1v) is 12.3. The van der Waals surface area contributed by atoms with Crippen LogP contribution >= 0.6 is 0 Å². The maximum absolute atomic E-state index is 13.8. The third-order valence-corrected chi connectivity index (χ3v) is 6.72. The number of carbonyl (C=O) groups excluding carboxylic acids is 2. The molecule has 0 radical (unpaired) electrons. The molecule has 2 amide bonds. The summed E-state index contributed by atoms with van der Waals surface area (Å²) < 4.78 is 48.0. The number of nitrogens with zero attached hydrogens (tertiary/aromatic N) is 2. The molecule has 12 heteroatoms. The summed E-state index contributed by atoms with van der Waals surface area (Å²) in [5.41, 5.74) is -0.993. The van der Waals surface area contributed by atoms with Gasteiger partial charge in [-0.3, -0.25) is 19.1 Å². The van der Waals surface area contributed by atoms with Crippen LogP contribution in [0.1, 0.15) is 67.0 Å². The zero-order chi connectivity index (χ0) is 26.6. The lowest BCUT2D eigenvalue weighted by Crippen LogP contribution is -2.51. The summed E-state index contributed by atoms with van der Waals surface area (Å²) in [6.07, 6.45) is -0.954. The number of amides is 2. The summed E-state index contributed by atoms with van der Waals surface area (Å²) in [4.78, 5) is 37.3. The minimum atomic E-state index is -4.61. The van der Waals surface area contributed by atoms with Crippen molar-refractivity contribution in [3.63, 3.8) is 0 Å². The number of aliphatic carboxylic acids is 1. The number of rotatable bonds is 8. The quantitative estimate of drug-likeness (QED) is 0.488. The Bertz CT molecular complexity index is 1140. The van der Waals surface area contributed by atoms with E-state index in [0.29, 0.717) is 38.9 Å². The van der Waals surface area contributed by atoms with E-state index in [9.17, 15) is 32.7 Å². The lowest BCUT2D eigenvalue weighted by Gasteiger charge is -2.25. The van der Waals surface area contributed by atoms with Crippen LogP contribution in [0.25, 0.3) is 11.3 Å². The number of benzene rings is 1. The number of carbonyl (C=O) groups is 3. The Morgan fingerprint density at radius 1 is 1.11 bits per heavy atom. The molecule has 2 aromatic rings. The topological polar surface area (TPSA) is 123 Å². The largest absolute Gasteiger partial charge is 0.481 e. The Labute approximate surface area is 211 Å². The van der Waals surface area contributed by atoms with Crippen LogP contribution in [0.3, 0.4) is 0 Å². The number of nitrogens with one attached hydrogen (secondary N) is 2. The van der Waals surface area contributed by atoms with Crippen molar-refractivity contribution in [3.8, 4) is 11.3 Å². The molecule has 0 spiro atoms. The van der Waals surface area contributed by atoms with Crippen LogP contribution in [-0.4, -0.2) is 58.0 Å². The van der Waals surface area contributed by atoms with Gasteiger partial charge in [0.1, 0.15) is 6.04 Å². The molecule has 2 fully saturated rings. The third kappa shape index (κ3) is 6.48. The Kier molecular flexibility index (Phi) is 8.16. The lowest BCUT2D eigenvalue weighted by molar-refractivity contribution is -0.140. The summed E-state index contributed by atoms with van der Waals surface area (Å²) in [5, 5.41) is 18.8. The SMILES string of the molecule is O=C(O)CC(NC(=O)c1cc(-c2ccccc2C(F)(F)F)n(C2CCCC2)n1)C(=O)NC1CCOCC1. The smallest absolute Gasteiger partial charge is 0.417 e. The van der Waals surface area contributed by atoms with Gasteiger partial charge in [-0.05, 0) is 37.8 Å². The molecule has 1 unspecified atom stereocenters. The highest BCUT2D eigenvalue weighted by Gasteiger charge is 2.36. The summed E-state index contributed by atoms with van der Waals surface area (Å²) >= 11 is 0. The van der Waals surface area contributed by atoms with Crippen LogP contribution in [0.5, 0.6) is 0 Å². The average Bonchev–Trinajstić information content (AvgIpc) is 3.53. The van der Waals surface area contributed by atoms with Crippen molar-refractivity contribution >= 4 is 17.8 Å². The first-order valence-electron chi connectivity index (χ1n) is 12.3. The zero-order valence-electron chi connectivity index (χ0n) is 20.1. The highest BCUT2D eigenvalue weighted by Crippen LogP contribution is 2.40. The van der Waals surface area contributed by atoms with E-state index in [0.717, 1.165) is 18.9 Å². The Morgan fingerprint density at radius 3 is 2.43 bits per heavy atom. The van der Waals surface area contributed by atoms with Crippen LogP contribution in [0.4, 0.5) is 13.2 Å². The number of hydrogen-bond donors (Lipinski definition) is 3. The number of halogens is 3. The minimum Gasteiger partial charge on any atom is -0.481 e. The fourth-order valence-electron chi connectivity index (χ4n) is 4.85. The van der Waals surface area contributed by atoms with Gasteiger partial charge in [-0.1, -0.05) is 31.0 Å². The van der Waals surface area contributed by atoms with E-state index in [1.165, 1.54) is 28.9 Å². The normalized spacial score (nSPS) is 17.9. The second-order valence-electron chi connectivity index (χ2n) is 9.36. The van der Waals surface area contributed by atoms with E-state index in [2.05, 4.69) is 15.7 Å². The highest BCUT2D eigenvalue weighted by atomic mass is 19.4. The molecule has 1 saturated carbocycles. The molecule has 1 aromatic carbocycles. The highest BCUT2D eigenvalue weighted by molar-refractivity contribution is 5.98. The van der Waals surface area contributed by atoms with Crippen LogP contribution in [0, 0.1) is 0 Å². The Balaban J connectivity index is 1.62. The minimum absolute atomic E-state index is 0.104. The predicted octanol–water partition coefficient (Wildman–Crippen LogP) is 3.55.